The predicted octanol–water partition coefficient (Wildman–Crippen LogP) is 19.1. The lowest BCUT2D eigenvalue weighted by Crippen LogP contribution is -1.97. The zero-order valence-corrected chi connectivity index (χ0v) is 43.3. The van der Waals surface area contributed by atoms with Gasteiger partial charge in [0.2, 0.25) is 0 Å². The Morgan fingerprint density at radius 2 is 0.728 bits per heavy atom. The highest BCUT2D eigenvalue weighted by Gasteiger charge is 2.21. The zero-order chi connectivity index (χ0) is 54.1. The summed E-state index contributed by atoms with van der Waals surface area (Å²) < 4.78 is 6.98. The van der Waals surface area contributed by atoms with Crippen LogP contribution in [0.15, 0.2) is 255 Å². The van der Waals surface area contributed by atoms with Crippen LogP contribution in [0, 0.1) is 24.5 Å². The molecule has 8 heteroatoms. The maximum atomic E-state index is 10.6. The van der Waals surface area contributed by atoms with Crippen molar-refractivity contribution in [2.75, 3.05) is 0 Å². The van der Waals surface area contributed by atoms with Crippen LogP contribution in [0.1, 0.15) is 5.56 Å². The van der Waals surface area contributed by atoms with Gasteiger partial charge in [-0.25, -0.2) is 19.7 Å². The molecule has 0 N–H and O–H groups in total. The van der Waals surface area contributed by atoms with Crippen molar-refractivity contribution in [2.24, 2.45) is 0 Å². The van der Waals surface area contributed by atoms with Gasteiger partial charge in [-0.2, -0.15) is 5.26 Å². The topological polar surface area (TPSA) is 73.1 Å². The highest BCUT2D eigenvalue weighted by atomic mass is 15.0. The second-order valence-electron chi connectivity index (χ2n) is 20.3. The lowest BCUT2D eigenvalue weighted by atomic mass is 9.95. The Bertz CT molecular complexity index is 5000. The molecule has 15 aromatic rings. The summed E-state index contributed by atoms with van der Waals surface area (Å²) in [6, 6.07) is 90.1. The Morgan fingerprint density at radius 3 is 1.26 bits per heavy atom. The summed E-state index contributed by atoms with van der Waals surface area (Å²) in [5.41, 5.74) is 19.3. The van der Waals surface area contributed by atoms with Crippen molar-refractivity contribution >= 4 is 76.8 Å². The molecule has 4 aromatic heterocycles. The maximum absolute atomic E-state index is 10.6. The van der Waals surface area contributed by atoms with E-state index in [-0.39, 0.29) is 0 Å². The molecule has 0 saturated heterocycles. The van der Waals surface area contributed by atoms with E-state index < -0.39 is 0 Å². The number of para-hydroxylation sites is 2. The predicted molar refractivity (Wildman–Crippen MR) is 329 cm³/mol. The van der Waals surface area contributed by atoms with Gasteiger partial charge in [-0.05, 0) is 130 Å². The number of rotatable bonds is 8. The summed E-state index contributed by atoms with van der Waals surface area (Å²) in [4.78, 5) is 17.5. The van der Waals surface area contributed by atoms with Crippen molar-refractivity contribution in [1.29, 1.82) is 5.26 Å². The van der Waals surface area contributed by atoms with E-state index in [1.807, 2.05) is 115 Å². The fourth-order valence-electron chi connectivity index (χ4n) is 11.9. The molecule has 0 aliphatic carbocycles. The van der Waals surface area contributed by atoms with Gasteiger partial charge in [-0.1, -0.05) is 158 Å². The standard InChI is InChI=1S/C73H42N8/c1-75-53-28-35-69-61(40-53)62-41-54(76-2)29-36-70(62)81(69)57-33-38-72-64(43-57)63-42-56(80-67-19-11-9-17-59(67)60-18-10-12-20-68(60)80)32-37-71(63)79(72)55-30-25-47(26-31-55)46-21-23-48(24-22-46)51-27-34-58(52(39-51)45-74)66-44-65(49-13-5-3-6-14-49)77-73(78-66)50-15-7-4-8-16-50/h3-44H. The van der Waals surface area contributed by atoms with Crippen LogP contribution in [-0.4, -0.2) is 23.7 Å². The number of benzene rings is 11. The maximum Gasteiger partial charge on any atom is 0.188 e. The molecule has 374 valence electrons. The van der Waals surface area contributed by atoms with Gasteiger partial charge in [0, 0.05) is 55.3 Å². The van der Waals surface area contributed by atoms with Gasteiger partial charge >= 0.3 is 0 Å². The number of nitrogens with zero attached hydrogens (tertiary/aromatic N) is 8. The highest BCUT2D eigenvalue weighted by Crippen LogP contribution is 2.42. The normalized spacial score (nSPS) is 11.4. The van der Waals surface area contributed by atoms with Crippen molar-refractivity contribution in [3.8, 4) is 79.3 Å². The van der Waals surface area contributed by atoms with Crippen LogP contribution in [-0.2, 0) is 0 Å². The van der Waals surface area contributed by atoms with Crippen molar-refractivity contribution in [3.05, 3.63) is 283 Å². The molecule has 0 amide bonds. The van der Waals surface area contributed by atoms with Crippen LogP contribution < -0.4 is 0 Å². The first-order valence-corrected chi connectivity index (χ1v) is 26.7. The minimum atomic E-state index is 0.534. The molecule has 0 aliphatic rings. The van der Waals surface area contributed by atoms with Gasteiger partial charge in [0.25, 0.3) is 0 Å². The monoisotopic (exact) mass is 1030 g/mol. The molecule has 0 bridgehead atoms. The van der Waals surface area contributed by atoms with E-state index >= 15 is 0 Å². The average Bonchev–Trinajstić information content (AvgIpc) is 4.38. The van der Waals surface area contributed by atoms with Crippen LogP contribution in [0.5, 0.6) is 0 Å². The highest BCUT2D eigenvalue weighted by molar-refractivity contribution is 6.15. The molecular formula is C73H42N8. The Labute approximate surface area is 465 Å². The first-order valence-electron chi connectivity index (χ1n) is 26.7. The number of fused-ring (bicyclic) bond motifs is 9. The fourth-order valence-corrected chi connectivity index (χ4v) is 11.9. The third-order valence-corrected chi connectivity index (χ3v) is 15.7. The molecule has 0 spiro atoms. The number of nitriles is 1. The van der Waals surface area contributed by atoms with Crippen LogP contribution in [0.25, 0.3) is 148 Å². The largest absolute Gasteiger partial charge is 0.309 e. The molecule has 0 unspecified atom stereocenters. The number of hydrogen-bond acceptors (Lipinski definition) is 3. The molecule has 4 heterocycles. The minimum absolute atomic E-state index is 0.534. The van der Waals surface area contributed by atoms with E-state index in [1.54, 1.807) is 0 Å². The Morgan fingerprint density at radius 1 is 0.321 bits per heavy atom. The number of aromatic nitrogens is 5. The fraction of sp³-hybridized carbons (Fsp3) is 0. The summed E-state index contributed by atoms with van der Waals surface area (Å²) in [5, 5.41) is 17.1. The summed E-state index contributed by atoms with van der Waals surface area (Å²) in [6.07, 6.45) is 0. The first-order chi connectivity index (χ1) is 40.0. The van der Waals surface area contributed by atoms with Crippen LogP contribution in [0.3, 0.4) is 0 Å². The van der Waals surface area contributed by atoms with Crippen molar-refractivity contribution in [2.45, 2.75) is 0 Å². The van der Waals surface area contributed by atoms with E-state index in [0.29, 0.717) is 28.5 Å². The number of hydrogen-bond donors (Lipinski definition) is 0. The first kappa shape index (κ1) is 46.7. The van der Waals surface area contributed by atoms with E-state index in [9.17, 15) is 5.26 Å². The van der Waals surface area contributed by atoms with Crippen molar-refractivity contribution in [1.82, 2.24) is 23.7 Å². The van der Waals surface area contributed by atoms with Gasteiger partial charge < -0.3 is 13.7 Å². The van der Waals surface area contributed by atoms with Gasteiger partial charge in [0.15, 0.2) is 17.2 Å². The molecule has 8 nitrogen and oxygen atoms in total. The summed E-state index contributed by atoms with van der Waals surface area (Å²) in [7, 11) is 0. The Balaban J connectivity index is 0.811. The van der Waals surface area contributed by atoms with Gasteiger partial charge in [0.1, 0.15) is 0 Å². The van der Waals surface area contributed by atoms with Crippen LogP contribution in [0.4, 0.5) is 11.4 Å². The van der Waals surface area contributed by atoms with Crippen LogP contribution >= 0.6 is 0 Å². The molecule has 81 heavy (non-hydrogen) atoms. The smallest absolute Gasteiger partial charge is 0.188 e. The van der Waals surface area contributed by atoms with E-state index in [2.05, 4.69) is 169 Å². The molecular weight excluding hydrogens is 989 g/mol. The Kier molecular flexibility index (Phi) is 10.8. The third kappa shape index (κ3) is 7.73. The molecule has 0 atom stereocenters. The average molecular weight is 1030 g/mol. The van der Waals surface area contributed by atoms with Crippen molar-refractivity contribution in [3.63, 3.8) is 0 Å². The van der Waals surface area contributed by atoms with E-state index in [1.165, 1.54) is 10.8 Å². The zero-order valence-electron chi connectivity index (χ0n) is 43.3. The van der Waals surface area contributed by atoms with Crippen molar-refractivity contribution < 1.29 is 0 Å². The lowest BCUT2D eigenvalue weighted by Gasteiger charge is -2.12. The van der Waals surface area contributed by atoms with Crippen LogP contribution in [0.2, 0.25) is 0 Å². The second kappa shape index (κ2) is 18.8. The summed E-state index contributed by atoms with van der Waals surface area (Å²) >= 11 is 0. The summed E-state index contributed by atoms with van der Waals surface area (Å²) in [6.45, 7) is 15.6. The van der Waals surface area contributed by atoms with Gasteiger partial charge in [-0.15, -0.1) is 0 Å². The second-order valence-corrected chi connectivity index (χ2v) is 20.3. The SMILES string of the molecule is [C-]#[N+]c1ccc2c(c1)c1cc([N+]#[C-])ccc1n2-c1ccc2c(c1)c1cc(-n3c4ccccc4c4ccccc43)ccc1n2-c1ccc(-c2ccc(-c3ccc(-c4cc(-c5ccccc5)nc(-c5ccccc5)n4)c(C#N)c3)cc2)cc1. The molecule has 0 saturated carbocycles. The molecule has 11 aromatic carbocycles. The molecule has 15 rings (SSSR count). The van der Waals surface area contributed by atoms with Gasteiger partial charge in [0.05, 0.1) is 69.3 Å². The quantitative estimate of drug-likeness (QED) is 0.142. The minimum Gasteiger partial charge on any atom is -0.309 e. The summed E-state index contributed by atoms with van der Waals surface area (Å²) in [5.74, 6) is 0.603. The lowest BCUT2D eigenvalue weighted by molar-refractivity contribution is 1.16. The molecule has 0 fully saturated rings. The van der Waals surface area contributed by atoms with E-state index in [0.717, 1.165) is 116 Å². The van der Waals surface area contributed by atoms with E-state index in [4.69, 9.17) is 23.1 Å². The Hall–Kier alpha value is -11.6. The third-order valence-electron chi connectivity index (χ3n) is 15.7. The molecule has 0 radical (unpaired) electrons. The van der Waals surface area contributed by atoms with Gasteiger partial charge in [-0.3, -0.25) is 0 Å². The molecule has 0 aliphatic heterocycles.